The van der Waals surface area contributed by atoms with Gasteiger partial charge in [0.1, 0.15) is 11.5 Å². The Labute approximate surface area is 250 Å². The van der Waals surface area contributed by atoms with Crippen molar-refractivity contribution in [3.05, 3.63) is 84.6 Å². The number of aromatic nitrogens is 1. The second-order valence-electron chi connectivity index (χ2n) is 10.1. The molecule has 4 aromatic rings. The minimum atomic E-state index is -0.729. The second kappa shape index (κ2) is 15.0. The molecule has 10 heteroatoms. The van der Waals surface area contributed by atoms with Gasteiger partial charge in [0.2, 0.25) is 0 Å². The van der Waals surface area contributed by atoms with E-state index in [0.29, 0.717) is 53.8 Å². The minimum absolute atomic E-state index is 0.371. The van der Waals surface area contributed by atoms with E-state index in [1.807, 2.05) is 42.5 Å². The SMILES string of the molecule is COc1cc2c(Oc3ccc(NC(=O)C(=O)NCCc4ccccc4)cc3)ccnc2cc1OCCCN1CCOCC1. The number of methoxy groups -OCH3 is 1. The summed E-state index contributed by atoms with van der Waals surface area (Å²) in [4.78, 5) is 31.4. The molecule has 0 bridgehead atoms. The van der Waals surface area contributed by atoms with Crippen LogP contribution in [-0.4, -0.2) is 74.8 Å². The van der Waals surface area contributed by atoms with Gasteiger partial charge in [0.25, 0.3) is 0 Å². The first-order chi connectivity index (χ1) is 21.1. The zero-order valence-electron chi connectivity index (χ0n) is 24.2. The third-order valence-electron chi connectivity index (χ3n) is 7.06. The Hall–Kier alpha value is -4.67. The van der Waals surface area contributed by atoms with Gasteiger partial charge in [-0.3, -0.25) is 19.5 Å². The molecule has 0 aliphatic carbocycles. The van der Waals surface area contributed by atoms with Crippen LogP contribution in [0.3, 0.4) is 0 Å². The van der Waals surface area contributed by atoms with E-state index in [4.69, 9.17) is 18.9 Å². The molecule has 0 unspecified atom stereocenters. The van der Waals surface area contributed by atoms with Gasteiger partial charge in [-0.15, -0.1) is 0 Å². The fraction of sp³-hybridized carbons (Fsp3) is 0.303. The molecule has 2 N–H and O–H groups in total. The van der Waals surface area contributed by atoms with Crippen LogP contribution in [0.25, 0.3) is 10.9 Å². The number of hydrogen-bond donors (Lipinski definition) is 2. The van der Waals surface area contributed by atoms with Crippen molar-refractivity contribution in [1.29, 1.82) is 0 Å². The average Bonchev–Trinajstić information content (AvgIpc) is 3.04. The van der Waals surface area contributed by atoms with E-state index in [1.165, 1.54) is 0 Å². The van der Waals surface area contributed by atoms with Crippen LogP contribution in [0.4, 0.5) is 5.69 Å². The summed E-state index contributed by atoms with van der Waals surface area (Å²) in [6.45, 7) is 5.37. The highest BCUT2D eigenvalue weighted by Crippen LogP contribution is 2.37. The molecule has 0 radical (unpaired) electrons. The highest BCUT2D eigenvalue weighted by atomic mass is 16.5. The number of anilines is 1. The highest BCUT2D eigenvalue weighted by Gasteiger charge is 2.15. The zero-order chi connectivity index (χ0) is 29.9. The van der Waals surface area contributed by atoms with Crippen molar-refractivity contribution in [2.75, 3.05) is 58.4 Å². The topological polar surface area (TPSA) is 111 Å². The summed E-state index contributed by atoms with van der Waals surface area (Å²) in [5.41, 5.74) is 2.28. The number of morpholine rings is 1. The predicted octanol–water partition coefficient (Wildman–Crippen LogP) is 4.43. The summed E-state index contributed by atoms with van der Waals surface area (Å²) in [7, 11) is 1.61. The van der Waals surface area contributed by atoms with E-state index < -0.39 is 11.8 Å². The maximum Gasteiger partial charge on any atom is 0.313 e. The summed E-state index contributed by atoms with van der Waals surface area (Å²) in [6, 6.07) is 22.1. The lowest BCUT2D eigenvalue weighted by Gasteiger charge is -2.26. The number of carbonyl (C=O) groups excluding carboxylic acids is 2. The standard InChI is InChI=1S/C33H36N4O6/c1-40-30-22-27-28(23-31(30)42-19-5-16-37-17-20-41-21-18-37)34-15-13-29(27)43-26-10-8-25(9-11-26)36-33(39)32(38)35-14-12-24-6-3-2-4-7-24/h2-4,6-11,13,15,22-23H,5,12,14,16-21H2,1H3,(H,35,38)(H,36,39). The van der Waals surface area contributed by atoms with Gasteiger partial charge >= 0.3 is 11.8 Å². The third-order valence-corrected chi connectivity index (χ3v) is 7.06. The fourth-order valence-corrected chi connectivity index (χ4v) is 4.75. The zero-order valence-corrected chi connectivity index (χ0v) is 24.2. The van der Waals surface area contributed by atoms with Crippen molar-refractivity contribution in [3.63, 3.8) is 0 Å². The maximum atomic E-state index is 12.3. The largest absolute Gasteiger partial charge is 0.493 e. The molecule has 2 amide bonds. The van der Waals surface area contributed by atoms with Crippen molar-refractivity contribution in [3.8, 4) is 23.0 Å². The van der Waals surface area contributed by atoms with E-state index in [2.05, 4.69) is 20.5 Å². The number of pyridine rings is 1. The third kappa shape index (κ3) is 8.43. The summed E-state index contributed by atoms with van der Waals surface area (Å²) < 4.78 is 23.2. The highest BCUT2D eigenvalue weighted by molar-refractivity contribution is 6.39. The van der Waals surface area contributed by atoms with E-state index in [1.54, 1.807) is 43.6 Å². The number of benzene rings is 3. The molecule has 10 nitrogen and oxygen atoms in total. The normalized spacial score (nSPS) is 13.3. The Bertz CT molecular complexity index is 1510. The van der Waals surface area contributed by atoms with Crippen molar-refractivity contribution >= 4 is 28.4 Å². The van der Waals surface area contributed by atoms with Crippen LogP contribution in [0.2, 0.25) is 0 Å². The van der Waals surface area contributed by atoms with Gasteiger partial charge in [0.15, 0.2) is 11.5 Å². The Morgan fingerprint density at radius 2 is 1.72 bits per heavy atom. The number of fused-ring (bicyclic) bond motifs is 1. The van der Waals surface area contributed by atoms with Crippen LogP contribution in [0.15, 0.2) is 79.0 Å². The van der Waals surface area contributed by atoms with Gasteiger partial charge in [-0.1, -0.05) is 30.3 Å². The quantitative estimate of drug-likeness (QED) is 0.186. The van der Waals surface area contributed by atoms with Crippen molar-refractivity contribution < 1.29 is 28.5 Å². The van der Waals surface area contributed by atoms with Crippen LogP contribution in [-0.2, 0) is 20.7 Å². The number of carbonyl (C=O) groups is 2. The van der Waals surface area contributed by atoms with Gasteiger partial charge in [0, 0.05) is 49.5 Å². The Morgan fingerprint density at radius 3 is 2.49 bits per heavy atom. The second-order valence-corrected chi connectivity index (χ2v) is 10.1. The molecule has 1 aliphatic heterocycles. The van der Waals surface area contributed by atoms with Gasteiger partial charge in [-0.25, -0.2) is 0 Å². The smallest absolute Gasteiger partial charge is 0.313 e. The lowest BCUT2D eigenvalue weighted by Crippen LogP contribution is -2.37. The first-order valence-electron chi connectivity index (χ1n) is 14.4. The molecule has 0 saturated carbocycles. The van der Waals surface area contributed by atoms with Crippen molar-refractivity contribution in [2.24, 2.45) is 0 Å². The number of ether oxygens (including phenoxy) is 4. The van der Waals surface area contributed by atoms with Gasteiger partial charge in [0.05, 0.1) is 32.4 Å². The van der Waals surface area contributed by atoms with E-state index in [9.17, 15) is 9.59 Å². The number of rotatable bonds is 12. The summed E-state index contributed by atoms with van der Waals surface area (Å²) in [5.74, 6) is 0.960. The van der Waals surface area contributed by atoms with Gasteiger partial charge in [-0.2, -0.15) is 0 Å². The van der Waals surface area contributed by atoms with E-state index >= 15 is 0 Å². The molecule has 5 rings (SSSR count). The molecule has 1 aliphatic rings. The molecule has 224 valence electrons. The minimum Gasteiger partial charge on any atom is -0.493 e. The lowest BCUT2D eigenvalue weighted by atomic mass is 10.1. The molecule has 1 aromatic heterocycles. The van der Waals surface area contributed by atoms with Crippen molar-refractivity contribution in [1.82, 2.24) is 15.2 Å². The van der Waals surface area contributed by atoms with Crippen LogP contribution in [0.5, 0.6) is 23.0 Å². The number of nitrogens with zero attached hydrogens (tertiary/aromatic N) is 2. The van der Waals surface area contributed by atoms with Crippen LogP contribution >= 0.6 is 0 Å². The summed E-state index contributed by atoms with van der Waals surface area (Å²) in [6.07, 6.45) is 3.22. The van der Waals surface area contributed by atoms with Crippen LogP contribution < -0.4 is 24.8 Å². The fourth-order valence-electron chi connectivity index (χ4n) is 4.75. The van der Waals surface area contributed by atoms with Crippen LogP contribution in [0.1, 0.15) is 12.0 Å². The average molecular weight is 585 g/mol. The molecule has 1 saturated heterocycles. The van der Waals surface area contributed by atoms with Crippen molar-refractivity contribution in [2.45, 2.75) is 12.8 Å². The first kappa shape index (κ1) is 29.8. The maximum absolute atomic E-state index is 12.3. The molecule has 0 spiro atoms. The lowest BCUT2D eigenvalue weighted by molar-refractivity contribution is -0.136. The Morgan fingerprint density at radius 1 is 0.930 bits per heavy atom. The molecule has 3 aromatic carbocycles. The predicted molar refractivity (Wildman–Crippen MR) is 164 cm³/mol. The number of amides is 2. The number of hydrogen-bond acceptors (Lipinski definition) is 8. The first-order valence-corrected chi connectivity index (χ1v) is 14.4. The molecule has 2 heterocycles. The molecular weight excluding hydrogens is 548 g/mol. The van der Waals surface area contributed by atoms with Crippen LogP contribution in [0, 0.1) is 0 Å². The number of nitrogens with one attached hydrogen (secondary N) is 2. The van der Waals surface area contributed by atoms with Gasteiger partial charge < -0.3 is 29.6 Å². The van der Waals surface area contributed by atoms with Gasteiger partial charge in [-0.05, 0) is 54.8 Å². The molecule has 1 fully saturated rings. The summed E-state index contributed by atoms with van der Waals surface area (Å²) >= 11 is 0. The molecule has 43 heavy (non-hydrogen) atoms. The molecular formula is C33H36N4O6. The summed E-state index contributed by atoms with van der Waals surface area (Å²) in [5, 5.41) is 6.03. The Kier molecular flexibility index (Phi) is 10.4. The van der Waals surface area contributed by atoms with E-state index in [-0.39, 0.29) is 0 Å². The van der Waals surface area contributed by atoms with E-state index in [0.717, 1.165) is 50.2 Å². The Balaban J connectivity index is 1.15. The monoisotopic (exact) mass is 584 g/mol. The molecule has 0 atom stereocenters.